The van der Waals surface area contributed by atoms with E-state index in [9.17, 15) is 8.78 Å². The Kier molecular flexibility index (Phi) is 2.15. The summed E-state index contributed by atoms with van der Waals surface area (Å²) in [5.74, 6) is -1.79. The first-order chi connectivity index (χ1) is 6.34. The van der Waals surface area contributed by atoms with Crippen LogP contribution in [0, 0.1) is 11.3 Å². The van der Waals surface area contributed by atoms with Crippen molar-refractivity contribution in [2.75, 3.05) is 13.6 Å². The lowest BCUT2D eigenvalue weighted by Gasteiger charge is -2.44. The van der Waals surface area contributed by atoms with Gasteiger partial charge in [0.15, 0.2) is 0 Å². The van der Waals surface area contributed by atoms with Crippen LogP contribution in [0.3, 0.4) is 0 Å². The van der Waals surface area contributed by atoms with Gasteiger partial charge in [0, 0.05) is 25.4 Å². The van der Waals surface area contributed by atoms with Crippen LogP contribution in [0.4, 0.5) is 8.78 Å². The molecule has 82 valence electrons. The van der Waals surface area contributed by atoms with E-state index in [-0.39, 0.29) is 18.3 Å². The molecule has 2 fully saturated rings. The van der Waals surface area contributed by atoms with Gasteiger partial charge in [0.05, 0.1) is 0 Å². The molecule has 1 nitrogen and oxygen atoms in total. The number of nitrogens with zero attached hydrogens (tertiary/aromatic N) is 1. The number of likely N-dealkylation sites (tertiary alicyclic amines) is 1. The lowest BCUT2D eigenvalue weighted by molar-refractivity contribution is -0.155. The van der Waals surface area contributed by atoms with Gasteiger partial charge >= 0.3 is 0 Å². The number of rotatable bonds is 1. The number of hydrogen-bond donors (Lipinski definition) is 0. The van der Waals surface area contributed by atoms with Gasteiger partial charge in [-0.05, 0) is 24.8 Å². The van der Waals surface area contributed by atoms with Crippen LogP contribution in [-0.2, 0) is 0 Å². The number of halogens is 2. The van der Waals surface area contributed by atoms with E-state index in [1.807, 2.05) is 0 Å². The highest BCUT2D eigenvalue weighted by Gasteiger charge is 2.60. The lowest BCUT2D eigenvalue weighted by atomic mass is 9.64. The van der Waals surface area contributed by atoms with Crippen LogP contribution in [0.15, 0.2) is 0 Å². The summed E-state index contributed by atoms with van der Waals surface area (Å²) in [7, 11) is 2.07. The molecule has 0 aromatic carbocycles. The van der Waals surface area contributed by atoms with E-state index in [1.165, 1.54) is 0 Å². The minimum atomic E-state index is -2.37. The van der Waals surface area contributed by atoms with Crippen LogP contribution in [0.1, 0.15) is 33.1 Å². The summed E-state index contributed by atoms with van der Waals surface area (Å²) in [4.78, 5) is 2.26. The van der Waals surface area contributed by atoms with Gasteiger partial charge in [-0.25, -0.2) is 8.78 Å². The summed E-state index contributed by atoms with van der Waals surface area (Å²) in [6, 6.07) is 0.506. The molecule has 2 rings (SSSR count). The fourth-order valence-corrected chi connectivity index (χ4v) is 3.36. The lowest BCUT2D eigenvalue weighted by Crippen LogP contribution is -2.47. The molecule has 0 amide bonds. The first-order valence-electron chi connectivity index (χ1n) is 5.42. The third-order valence-electron chi connectivity index (χ3n) is 3.83. The quantitative estimate of drug-likeness (QED) is 0.633. The Morgan fingerprint density at radius 2 is 1.86 bits per heavy atom. The molecule has 1 saturated heterocycles. The van der Waals surface area contributed by atoms with Gasteiger partial charge in [-0.15, -0.1) is 0 Å². The van der Waals surface area contributed by atoms with Crippen molar-refractivity contribution >= 4 is 0 Å². The predicted molar refractivity (Wildman–Crippen MR) is 52.5 cm³/mol. The molecule has 1 aliphatic carbocycles. The zero-order chi connectivity index (χ0) is 10.6. The molecule has 0 bridgehead atoms. The Morgan fingerprint density at radius 1 is 1.29 bits per heavy atom. The largest absolute Gasteiger partial charge is 0.303 e. The molecule has 3 heteroatoms. The van der Waals surface area contributed by atoms with Crippen molar-refractivity contribution in [3.63, 3.8) is 0 Å². The second-order valence-electron chi connectivity index (χ2n) is 5.64. The van der Waals surface area contributed by atoms with Crippen LogP contribution < -0.4 is 0 Å². The molecule has 0 unspecified atom stereocenters. The summed E-state index contributed by atoms with van der Waals surface area (Å²) < 4.78 is 25.7. The van der Waals surface area contributed by atoms with Crippen molar-refractivity contribution in [1.29, 1.82) is 0 Å². The van der Waals surface area contributed by atoms with Gasteiger partial charge in [-0.3, -0.25) is 0 Å². The Morgan fingerprint density at radius 3 is 2.21 bits per heavy atom. The second kappa shape index (κ2) is 2.91. The Balaban J connectivity index is 2.01. The Bertz CT molecular complexity index is 229. The first kappa shape index (κ1) is 10.3. The molecule has 1 heterocycles. The van der Waals surface area contributed by atoms with E-state index in [2.05, 4.69) is 25.8 Å². The van der Waals surface area contributed by atoms with Crippen LogP contribution in [-0.4, -0.2) is 30.5 Å². The maximum atomic E-state index is 12.9. The van der Waals surface area contributed by atoms with Gasteiger partial charge in [0.2, 0.25) is 5.92 Å². The molecule has 1 aliphatic heterocycles. The van der Waals surface area contributed by atoms with E-state index in [4.69, 9.17) is 0 Å². The molecule has 0 N–H and O–H groups in total. The van der Waals surface area contributed by atoms with Crippen LogP contribution in [0.5, 0.6) is 0 Å². The van der Waals surface area contributed by atoms with Crippen LogP contribution in [0.25, 0.3) is 0 Å². The van der Waals surface area contributed by atoms with Gasteiger partial charge in [-0.1, -0.05) is 13.8 Å². The molecule has 1 saturated carbocycles. The highest BCUT2D eigenvalue weighted by molar-refractivity contribution is 5.06. The summed E-state index contributed by atoms with van der Waals surface area (Å²) in [5, 5.41) is 0. The monoisotopic (exact) mass is 203 g/mol. The molecular formula is C11H19F2N. The molecule has 0 aromatic rings. The van der Waals surface area contributed by atoms with Gasteiger partial charge in [-0.2, -0.15) is 0 Å². The standard InChI is InChI=1S/C11H19F2N/c1-8(2)9-4-10(7-14(9)3)5-11(12,13)6-10/h8-9H,4-7H2,1-3H3/t9-/m1/s1. The molecule has 1 atom stereocenters. The molecular weight excluding hydrogens is 184 g/mol. The maximum absolute atomic E-state index is 12.9. The third kappa shape index (κ3) is 1.56. The second-order valence-corrected chi connectivity index (χ2v) is 5.64. The molecule has 0 radical (unpaired) electrons. The van der Waals surface area contributed by atoms with Gasteiger partial charge < -0.3 is 4.90 Å². The SMILES string of the molecule is CC(C)[C@H]1CC2(CN1C)CC(F)(F)C2. The van der Waals surface area contributed by atoms with Crippen LogP contribution in [0.2, 0.25) is 0 Å². The first-order valence-corrected chi connectivity index (χ1v) is 5.42. The predicted octanol–water partition coefficient (Wildman–Crippen LogP) is 2.76. The Hall–Kier alpha value is -0.180. The minimum Gasteiger partial charge on any atom is -0.303 e. The number of hydrogen-bond acceptors (Lipinski definition) is 1. The summed E-state index contributed by atoms with van der Waals surface area (Å²) in [6.07, 6.45) is 1.21. The summed E-state index contributed by atoms with van der Waals surface area (Å²) >= 11 is 0. The molecule has 14 heavy (non-hydrogen) atoms. The van der Waals surface area contributed by atoms with Crippen molar-refractivity contribution in [1.82, 2.24) is 4.90 Å². The molecule has 0 aromatic heterocycles. The maximum Gasteiger partial charge on any atom is 0.249 e. The zero-order valence-corrected chi connectivity index (χ0v) is 9.19. The summed E-state index contributed by atoms with van der Waals surface area (Å²) in [5.41, 5.74) is -0.0484. The van der Waals surface area contributed by atoms with Crippen LogP contribution >= 0.6 is 0 Å². The third-order valence-corrected chi connectivity index (χ3v) is 3.83. The van der Waals surface area contributed by atoms with Crippen molar-refractivity contribution in [3.8, 4) is 0 Å². The van der Waals surface area contributed by atoms with Gasteiger partial charge in [0.25, 0.3) is 0 Å². The van der Waals surface area contributed by atoms with E-state index < -0.39 is 5.92 Å². The summed E-state index contributed by atoms with van der Waals surface area (Å²) in [6.45, 7) is 5.22. The smallest absolute Gasteiger partial charge is 0.249 e. The van der Waals surface area contributed by atoms with E-state index in [1.54, 1.807) is 0 Å². The zero-order valence-electron chi connectivity index (χ0n) is 9.19. The average Bonchev–Trinajstić information content (AvgIpc) is 2.24. The van der Waals surface area contributed by atoms with Crippen molar-refractivity contribution in [2.24, 2.45) is 11.3 Å². The minimum absolute atomic E-state index is 0.0484. The van der Waals surface area contributed by atoms with E-state index in [0.29, 0.717) is 12.0 Å². The molecule has 1 spiro atoms. The van der Waals surface area contributed by atoms with Crippen molar-refractivity contribution in [2.45, 2.75) is 45.1 Å². The van der Waals surface area contributed by atoms with Gasteiger partial charge in [0.1, 0.15) is 0 Å². The fraction of sp³-hybridized carbons (Fsp3) is 1.00. The fourth-order valence-electron chi connectivity index (χ4n) is 3.36. The van der Waals surface area contributed by atoms with E-state index in [0.717, 1.165) is 13.0 Å². The average molecular weight is 203 g/mol. The van der Waals surface area contributed by atoms with Crippen molar-refractivity contribution < 1.29 is 8.78 Å². The topological polar surface area (TPSA) is 3.24 Å². The Labute approximate surface area is 84.5 Å². The van der Waals surface area contributed by atoms with E-state index >= 15 is 0 Å². The molecule has 2 aliphatic rings. The number of alkyl halides is 2. The highest BCUT2D eigenvalue weighted by atomic mass is 19.3. The van der Waals surface area contributed by atoms with Crippen molar-refractivity contribution in [3.05, 3.63) is 0 Å². The highest BCUT2D eigenvalue weighted by Crippen LogP contribution is 2.58. The normalized spacial score (nSPS) is 35.1.